The molecule has 0 aliphatic carbocycles. The van der Waals surface area contributed by atoms with Crippen molar-refractivity contribution in [1.82, 2.24) is 0 Å². The summed E-state index contributed by atoms with van der Waals surface area (Å²) in [6, 6.07) is 12.5. The van der Waals surface area contributed by atoms with Crippen molar-refractivity contribution >= 4 is 29.1 Å². The summed E-state index contributed by atoms with van der Waals surface area (Å²) in [6.07, 6.45) is 0. The van der Waals surface area contributed by atoms with E-state index in [9.17, 15) is 4.39 Å². The first-order valence-corrected chi connectivity index (χ1v) is 6.44. The predicted molar refractivity (Wildman–Crippen MR) is 71.8 cm³/mol. The van der Waals surface area contributed by atoms with Crippen molar-refractivity contribution in [2.75, 3.05) is 5.73 Å². The summed E-state index contributed by atoms with van der Waals surface area (Å²) in [6.45, 7) is 0. The van der Waals surface area contributed by atoms with Gasteiger partial charge in [0.15, 0.2) is 0 Å². The molecule has 1 nitrogen and oxygen atoms in total. The Hall–Kier alpha value is -1.19. The maximum atomic E-state index is 13.2. The van der Waals surface area contributed by atoms with Crippen molar-refractivity contribution in [2.45, 2.75) is 10.6 Å². The van der Waals surface area contributed by atoms with Gasteiger partial charge >= 0.3 is 0 Å². The van der Waals surface area contributed by atoms with Crippen LogP contribution in [0.3, 0.4) is 0 Å². The number of thioether (sulfide) groups is 1. The van der Waals surface area contributed by atoms with Gasteiger partial charge in [0.2, 0.25) is 0 Å². The van der Waals surface area contributed by atoms with Crippen molar-refractivity contribution in [3.8, 4) is 0 Å². The number of nitrogens with two attached hydrogens (primary N) is 1. The Balaban J connectivity index is 2.05. The van der Waals surface area contributed by atoms with Gasteiger partial charge in [-0.2, -0.15) is 0 Å². The van der Waals surface area contributed by atoms with Gasteiger partial charge in [0.05, 0.1) is 5.69 Å². The molecule has 0 heterocycles. The van der Waals surface area contributed by atoms with Gasteiger partial charge in [0.25, 0.3) is 0 Å². The smallest absolute Gasteiger partial charge is 0.146 e. The van der Waals surface area contributed by atoms with Gasteiger partial charge in [-0.1, -0.05) is 23.7 Å². The van der Waals surface area contributed by atoms with Gasteiger partial charge in [0, 0.05) is 15.7 Å². The Morgan fingerprint density at radius 2 is 2.00 bits per heavy atom. The molecule has 0 saturated carbocycles. The Bertz CT molecular complexity index is 531. The zero-order valence-corrected chi connectivity index (χ0v) is 10.6. The summed E-state index contributed by atoms with van der Waals surface area (Å²) in [5.74, 6) is 0.326. The topological polar surface area (TPSA) is 26.0 Å². The van der Waals surface area contributed by atoms with E-state index in [0.717, 1.165) is 10.5 Å². The molecule has 2 N–H and O–H groups in total. The van der Waals surface area contributed by atoms with Crippen LogP contribution in [0.15, 0.2) is 47.4 Å². The maximum Gasteiger partial charge on any atom is 0.146 e. The lowest BCUT2D eigenvalue weighted by Crippen LogP contribution is -1.91. The average molecular weight is 268 g/mol. The van der Waals surface area contributed by atoms with Gasteiger partial charge in [-0.25, -0.2) is 4.39 Å². The molecule has 2 rings (SSSR count). The molecular weight excluding hydrogens is 257 g/mol. The van der Waals surface area contributed by atoms with E-state index in [2.05, 4.69) is 0 Å². The molecular formula is C13H11ClFNS. The van der Waals surface area contributed by atoms with Gasteiger partial charge < -0.3 is 5.73 Å². The van der Waals surface area contributed by atoms with Crippen LogP contribution in [0.2, 0.25) is 5.02 Å². The van der Waals surface area contributed by atoms with Crippen LogP contribution in [-0.4, -0.2) is 0 Å². The SMILES string of the molecule is Nc1ccc(CSc2cccc(Cl)c2)cc1F. The molecule has 2 aromatic carbocycles. The first-order chi connectivity index (χ1) is 8.15. The second-order valence-corrected chi connectivity index (χ2v) is 5.09. The predicted octanol–water partition coefficient (Wildman–Crippen LogP) is 4.35. The molecule has 0 aliphatic rings. The largest absolute Gasteiger partial charge is 0.396 e. The van der Waals surface area contributed by atoms with E-state index in [0.29, 0.717) is 10.8 Å². The number of hydrogen-bond donors (Lipinski definition) is 1. The lowest BCUT2D eigenvalue weighted by atomic mass is 10.2. The van der Waals surface area contributed by atoms with Gasteiger partial charge in [-0.15, -0.1) is 11.8 Å². The minimum atomic E-state index is -0.366. The van der Waals surface area contributed by atoms with Crippen LogP contribution >= 0.6 is 23.4 Å². The van der Waals surface area contributed by atoms with Crippen LogP contribution in [0.5, 0.6) is 0 Å². The quantitative estimate of drug-likeness (QED) is 0.661. The molecule has 0 unspecified atom stereocenters. The number of benzene rings is 2. The molecule has 0 bridgehead atoms. The minimum Gasteiger partial charge on any atom is -0.396 e. The molecule has 0 radical (unpaired) electrons. The first kappa shape index (κ1) is 12.3. The maximum absolute atomic E-state index is 13.2. The Kier molecular flexibility index (Phi) is 3.92. The number of nitrogen functional groups attached to an aromatic ring is 1. The monoisotopic (exact) mass is 267 g/mol. The number of hydrogen-bond acceptors (Lipinski definition) is 2. The van der Waals surface area contributed by atoms with Gasteiger partial charge in [-0.05, 0) is 35.9 Å². The van der Waals surface area contributed by atoms with Crippen LogP contribution < -0.4 is 5.73 Å². The van der Waals surface area contributed by atoms with Crippen molar-refractivity contribution in [1.29, 1.82) is 0 Å². The number of anilines is 1. The molecule has 0 amide bonds. The highest BCUT2D eigenvalue weighted by atomic mass is 35.5. The first-order valence-electron chi connectivity index (χ1n) is 5.07. The third kappa shape index (κ3) is 3.38. The lowest BCUT2D eigenvalue weighted by molar-refractivity contribution is 0.631. The van der Waals surface area contributed by atoms with Gasteiger partial charge in [0.1, 0.15) is 5.82 Å². The molecule has 4 heteroatoms. The summed E-state index contributed by atoms with van der Waals surface area (Å²) in [7, 11) is 0. The summed E-state index contributed by atoms with van der Waals surface area (Å²) < 4.78 is 13.2. The molecule has 0 fully saturated rings. The van der Waals surface area contributed by atoms with E-state index >= 15 is 0 Å². The Labute approximate surface area is 109 Å². The third-order valence-electron chi connectivity index (χ3n) is 2.27. The average Bonchev–Trinajstić information content (AvgIpc) is 2.31. The molecule has 88 valence electrons. The van der Waals surface area contributed by atoms with E-state index in [1.54, 1.807) is 17.8 Å². The summed E-state index contributed by atoms with van der Waals surface area (Å²) in [5, 5.41) is 0.707. The van der Waals surface area contributed by atoms with E-state index in [-0.39, 0.29) is 11.5 Å². The van der Waals surface area contributed by atoms with Crippen molar-refractivity contribution in [3.63, 3.8) is 0 Å². The van der Waals surface area contributed by atoms with E-state index in [1.165, 1.54) is 6.07 Å². The van der Waals surface area contributed by atoms with Crippen LogP contribution in [0, 0.1) is 5.82 Å². The highest BCUT2D eigenvalue weighted by Gasteiger charge is 2.01. The molecule has 0 aromatic heterocycles. The molecule has 2 aromatic rings. The number of rotatable bonds is 3. The number of halogens is 2. The van der Waals surface area contributed by atoms with Crippen molar-refractivity contribution in [3.05, 3.63) is 58.9 Å². The van der Waals surface area contributed by atoms with Crippen LogP contribution in [0.4, 0.5) is 10.1 Å². The van der Waals surface area contributed by atoms with Gasteiger partial charge in [-0.3, -0.25) is 0 Å². The zero-order chi connectivity index (χ0) is 12.3. The lowest BCUT2D eigenvalue weighted by Gasteiger charge is -2.04. The minimum absolute atomic E-state index is 0.182. The molecule has 0 aliphatic heterocycles. The molecule has 17 heavy (non-hydrogen) atoms. The Morgan fingerprint density at radius 3 is 2.71 bits per heavy atom. The van der Waals surface area contributed by atoms with E-state index < -0.39 is 0 Å². The van der Waals surface area contributed by atoms with E-state index in [4.69, 9.17) is 17.3 Å². The fourth-order valence-electron chi connectivity index (χ4n) is 1.38. The normalized spacial score (nSPS) is 10.5. The zero-order valence-electron chi connectivity index (χ0n) is 8.99. The van der Waals surface area contributed by atoms with Crippen LogP contribution in [0.1, 0.15) is 5.56 Å². The fourth-order valence-corrected chi connectivity index (χ4v) is 2.54. The summed E-state index contributed by atoms with van der Waals surface area (Å²) >= 11 is 7.49. The highest BCUT2D eigenvalue weighted by molar-refractivity contribution is 7.98. The standard InChI is InChI=1S/C13H11ClFNS/c14-10-2-1-3-11(7-10)17-8-9-4-5-13(16)12(15)6-9/h1-7H,8,16H2. The van der Waals surface area contributed by atoms with Crippen molar-refractivity contribution < 1.29 is 4.39 Å². The van der Waals surface area contributed by atoms with E-state index in [1.807, 2.05) is 30.3 Å². The summed E-state index contributed by atoms with van der Waals surface area (Å²) in [5.41, 5.74) is 6.50. The van der Waals surface area contributed by atoms with Crippen molar-refractivity contribution in [2.24, 2.45) is 0 Å². The second-order valence-electron chi connectivity index (χ2n) is 3.60. The molecule has 0 saturated heterocycles. The summed E-state index contributed by atoms with van der Waals surface area (Å²) in [4.78, 5) is 1.06. The molecule has 0 atom stereocenters. The second kappa shape index (κ2) is 5.43. The fraction of sp³-hybridized carbons (Fsp3) is 0.0769. The van der Waals surface area contributed by atoms with Crippen LogP contribution in [-0.2, 0) is 5.75 Å². The van der Waals surface area contributed by atoms with Crippen LogP contribution in [0.25, 0.3) is 0 Å². The molecule has 0 spiro atoms. The third-order valence-corrected chi connectivity index (χ3v) is 3.57. The Morgan fingerprint density at radius 1 is 1.18 bits per heavy atom. The highest BCUT2D eigenvalue weighted by Crippen LogP contribution is 2.26.